The van der Waals surface area contributed by atoms with Gasteiger partial charge in [-0.2, -0.15) is 0 Å². The van der Waals surface area contributed by atoms with Gasteiger partial charge in [-0.15, -0.1) is 0 Å². The Bertz CT molecular complexity index is 1430. The summed E-state index contributed by atoms with van der Waals surface area (Å²) >= 11 is 0. The van der Waals surface area contributed by atoms with E-state index in [0.717, 1.165) is 10.5 Å². The van der Waals surface area contributed by atoms with Crippen LogP contribution in [0.3, 0.4) is 0 Å². The van der Waals surface area contributed by atoms with Gasteiger partial charge in [0.15, 0.2) is 0 Å². The van der Waals surface area contributed by atoms with Crippen molar-refractivity contribution >= 4 is 41.6 Å². The zero-order valence-electron chi connectivity index (χ0n) is 26.7. The summed E-state index contributed by atoms with van der Waals surface area (Å²) in [5.74, 6) is -4.00. The van der Waals surface area contributed by atoms with Crippen LogP contribution in [0.5, 0.6) is 0 Å². The first-order valence-electron chi connectivity index (χ1n) is 15.3. The summed E-state index contributed by atoms with van der Waals surface area (Å²) < 4.78 is 10.4. The summed E-state index contributed by atoms with van der Waals surface area (Å²) in [5, 5.41) is 27.0. The number of unbranched alkanes of at least 4 members (excludes halogenated alkanes) is 1. The van der Waals surface area contributed by atoms with Crippen LogP contribution in [-0.4, -0.2) is 76.4 Å². The van der Waals surface area contributed by atoms with E-state index in [2.05, 4.69) is 16.0 Å². The average Bonchev–Trinajstić information content (AvgIpc) is 3.41. The minimum Gasteiger partial charge on any atom is -0.480 e. The van der Waals surface area contributed by atoms with Crippen LogP contribution >= 0.6 is 0 Å². The van der Waals surface area contributed by atoms with Crippen LogP contribution in [0.25, 0.3) is 0 Å². The van der Waals surface area contributed by atoms with Gasteiger partial charge in [0.25, 0.3) is 0 Å². The molecule has 14 nitrogen and oxygen atoms in total. The largest absolute Gasteiger partial charge is 0.480 e. The second kappa shape index (κ2) is 17.0. The number of ether oxygens (including phenoxy) is 2. The van der Waals surface area contributed by atoms with Crippen molar-refractivity contribution in [3.63, 3.8) is 0 Å². The van der Waals surface area contributed by atoms with E-state index < -0.39 is 59.7 Å². The molecule has 14 heteroatoms. The lowest BCUT2D eigenvalue weighted by molar-refractivity contribution is -0.143. The summed E-state index contributed by atoms with van der Waals surface area (Å²) in [6, 6.07) is 11.8. The Hall–Kier alpha value is -5.14. The summed E-state index contributed by atoms with van der Waals surface area (Å²) in [7, 11) is 0. The average molecular weight is 655 g/mol. The molecule has 1 aliphatic rings. The summed E-state index contributed by atoms with van der Waals surface area (Å²) in [6.45, 7) is 5.38. The second-order valence-electron chi connectivity index (χ2n) is 12.1. The van der Waals surface area contributed by atoms with Crippen LogP contribution in [0, 0.1) is 0 Å². The Labute approximate surface area is 272 Å². The number of amides is 4. The van der Waals surface area contributed by atoms with Crippen LogP contribution in [0.15, 0.2) is 54.6 Å². The smallest absolute Gasteiger partial charge is 0.408 e. The summed E-state index contributed by atoms with van der Waals surface area (Å²) in [6.07, 6.45) is -1.19. The van der Waals surface area contributed by atoms with Crippen LogP contribution in [-0.2, 0) is 41.7 Å². The normalized spacial score (nSPS) is 15.0. The lowest BCUT2D eigenvalue weighted by Gasteiger charge is -2.24. The van der Waals surface area contributed by atoms with Crippen LogP contribution in [0.1, 0.15) is 64.0 Å². The monoisotopic (exact) mass is 654 g/mol. The second-order valence-corrected chi connectivity index (χ2v) is 12.1. The number of hydrogen-bond acceptors (Lipinski definition) is 8. The minimum atomic E-state index is -1.51. The van der Waals surface area contributed by atoms with E-state index in [1.807, 2.05) is 6.07 Å². The molecule has 254 valence electrons. The van der Waals surface area contributed by atoms with Crippen molar-refractivity contribution in [1.29, 1.82) is 0 Å². The van der Waals surface area contributed by atoms with E-state index in [-0.39, 0.29) is 38.8 Å². The summed E-state index contributed by atoms with van der Waals surface area (Å²) in [4.78, 5) is 76.1. The van der Waals surface area contributed by atoms with E-state index in [4.69, 9.17) is 9.47 Å². The van der Waals surface area contributed by atoms with Crippen molar-refractivity contribution in [3.8, 4) is 0 Å². The quantitative estimate of drug-likeness (QED) is 0.177. The number of rotatable bonds is 15. The third kappa shape index (κ3) is 11.6. The molecule has 47 heavy (non-hydrogen) atoms. The van der Waals surface area contributed by atoms with E-state index in [9.17, 15) is 39.0 Å². The molecule has 0 unspecified atom stereocenters. The maximum absolute atomic E-state index is 13.3. The third-order valence-corrected chi connectivity index (χ3v) is 7.20. The first kappa shape index (κ1) is 36.3. The fourth-order valence-electron chi connectivity index (χ4n) is 4.96. The molecule has 0 aromatic heterocycles. The van der Waals surface area contributed by atoms with Gasteiger partial charge in [0.1, 0.15) is 30.3 Å². The van der Waals surface area contributed by atoms with E-state index in [1.54, 1.807) is 69.3 Å². The predicted octanol–water partition coefficient (Wildman–Crippen LogP) is 3.37. The van der Waals surface area contributed by atoms with Crippen molar-refractivity contribution in [2.24, 2.45) is 0 Å². The van der Waals surface area contributed by atoms with Crippen molar-refractivity contribution in [1.82, 2.24) is 16.0 Å². The van der Waals surface area contributed by atoms with Gasteiger partial charge in [-0.05, 0) is 63.6 Å². The number of anilines is 1. The number of benzene rings is 2. The van der Waals surface area contributed by atoms with E-state index in [0.29, 0.717) is 24.1 Å². The fraction of sp³-hybridized carbons (Fsp3) is 0.455. The number of hydrogen-bond donors (Lipinski definition) is 5. The highest BCUT2D eigenvalue weighted by Crippen LogP contribution is 2.33. The van der Waals surface area contributed by atoms with Gasteiger partial charge in [-0.1, -0.05) is 48.5 Å². The molecule has 0 fully saturated rings. The first-order valence-corrected chi connectivity index (χ1v) is 15.3. The van der Waals surface area contributed by atoms with Crippen molar-refractivity contribution in [3.05, 3.63) is 65.7 Å². The molecule has 0 saturated heterocycles. The number of alkyl carbamates (subject to hydrolysis) is 2. The lowest BCUT2D eigenvalue weighted by atomic mass is 10.1. The molecule has 2 aromatic carbocycles. The molecule has 2 aromatic rings. The number of para-hydroxylation sites is 1. The fourth-order valence-corrected chi connectivity index (χ4v) is 4.96. The van der Waals surface area contributed by atoms with Crippen LogP contribution in [0.2, 0.25) is 0 Å². The molecule has 0 aliphatic carbocycles. The molecule has 0 saturated carbocycles. The number of carboxylic acids is 2. The van der Waals surface area contributed by atoms with Crippen LogP contribution < -0.4 is 20.9 Å². The molecule has 1 heterocycles. The Balaban J connectivity index is 1.62. The number of fused-ring (bicyclic) bond motifs is 1. The molecular weight excluding hydrogens is 612 g/mol. The van der Waals surface area contributed by atoms with E-state index in [1.165, 1.54) is 0 Å². The zero-order valence-corrected chi connectivity index (χ0v) is 26.7. The maximum Gasteiger partial charge on any atom is 0.408 e. The van der Waals surface area contributed by atoms with Gasteiger partial charge in [-0.3, -0.25) is 14.5 Å². The topological polar surface area (TPSA) is 201 Å². The highest BCUT2D eigenvalue weighted by Gasteiger charge is 2.38. The Morgan fingerprint density at radius 1 is 0.872 bits per heavy atom. The van der Waals surface area contributed by atoms with Gasteiger partial charge >= 0.3 is 24.1 Å². The lowest BCUT2D eigenvalue weighted by Crippen LogP contribution is -2.52. The molecule has 1 aliphatic heterocycles. The third-order valence-electron chi connectivity index (χ3n) is 7.20. The van der Waals surface area contributed by atoms with Crippen molar-refractivity contribution in [2.45, 2.75) is 89.6 Å². The highest BCUT2D eigenvalue weighted by atomic mass is 16.6. The Morgan fingerprint density at radius 2 is 1.55 bits per heavy atom. The number of nitrogens with zero attached hydrogens (tertiary/aromatic N) is 1. The standard InChI is InChI=1S/C33H42N4O10/c1-33(2,3)47-31(44)34-18-10-9-14-23(36-32(45)46-20-21-11-5-4-6-12-21)28(39)35-24(29(40)41)16-17-27(38)37-25-15-8-7-13-22(25)19-26(37)30(42)43/h4-8,11-13,15,23-24,26H,9-10,14,16-20H2,1-3H3,(H,34,44)(H,35,39)(H,36,45)(H,40,41)(H,42,43)/t23-,24+,26-/m0/s1. The Morgan fingerprint density at radius 3 is 2.21 bits per heavy atom. The number of carbonyl (C=O) groups excluding carboxylic acids is 4. The van der Waals surface area contributed by atoms with E-state index >= 15 is 0 Å². The van der Waals surface area contributed by atoms with Crippen LogP contribution in [0.4, 0.5) is 15.3 Å². The van der Waals surface area contributed by atoms with Crippen molar-refractivity contribution < 1.29 is 48.5 Å². The number of carboxylic acid groups (broad SMARTS) is 2. The van der Waals surface area contributed by atoms with Gasteiger partial charge in [0, 0.05) is 25.1 Å². The van der Waals surface area contributed by atoms with Gasteiger partial charge < -0.3 is 35.6 Å². The molecular formula is C33H42N4O10. The molecule has 3 rings (SSSR count). The molecule has 0 spiro atoms. The maximum atomic E-state index is 13.3. The molecule has 4 amide bonds. The SMILES string of the molecule is CC(C)(C)OC(=O)NCCCC[C@H](NC(=O)OCc1ccccc1)C(=O)N[C@H](CCC(=O)N1c2ccccc2C[C@H]1C(=O)O)C(=O)O. The summed E-state index contributed by atoms with van der Waals surface area (Å²) in [5.41, 5.74) is 1.18. The van der Waals surface area contributed by atoms with Crippen molar-refractivity contribution in [2.75, 3.05) is 11.4 Å². The molecule has 5 N–H and O–H groups in total. The number of aliphatic carboxylic acids is 2. The zero-order chi connectivity index (χ0) is 34.6. The molecule has 3 atom stereocenters. The Kier molecular flexibility index (Phi) is 13.1. The highest BCUT2D eigenvalue weighted by molar-refractivity contribution is 6.02. The van der Waals surface area contributed by atoms with Gasteiger partial charge in [0.05, 0.1) is 0 Å². The van der Waals surface area contributed by atoms with Gasteiger partial charge in [-0.25, -0.2) is 19.2 Å². The number of nitrogens with one attached hydrogen (secondary N) is 3. The number of carbonyl (C=O) groups is 6. The molecule has 0 bridgehead atoms. The predicted molar refractivity (Wildman–Crippen MR) is 169 cm³/mol. The first-order chi connectivity index (χ1) is 22.2. The van der Waals surface area contributed by atoms with Gasteiger partial charge in [0.2, 0.25) is 11.8 Å². The molecule has 0 radical (unpaired) electrons. The minimum absolute atomic E-state index is 0.0579.